The van der Waals surface area contributed by atoms with E-state index in [0.29, 0.717) is 27.9 Å². The zero-order chi connectivity index (χ0) is 21.7. The summed E-state index contributed by atoms with van der Waals surface area (Å²) >= 11 is 6.55. The first-order chi connectivity index (χ1) is 14.2. The molecule has 1 heterocycles. The van der Waals surface area contributed by atoms with Crippen molar-refractivity contribution in [1.29, 1.82) is 0 Å². The quantitative estimate of drug-likeness (QED) is 0.485. The third-order valence-corrected chi connectivity index (χ3v) is 6.53. The molecule has 0 spiro atoms. The monoisotopic (exact) mass is 461 g/mol. The lowest BCUT2D eigenvalue weighted by Crippen LogP contribution is -2.29. The maximum Gasteiger partial charge on any atom is 0.266 e. The van der Waals surface area contributed by atoms with Crippen LogP contribution in [0.2, 0.25) is 0 Å². The summed E-state index contributed by atoms with van der Waals surface area (Å²) in [4.78, 5) is 26.8. The number of nitrogens with two attached hydrogens (primary N) is 1. The topological polar surface area (TPSA) is 110 Å². The molecular formula is C20H19N3O4S3. The number of sulfonamides is 1. The van der Waals surface area contributed by atoms with Crippen LogP contribution in [0.25, 0.3) is 6.08 Å². The molecule has 0 unspecified atom stereocenters. The fourth-order valence-corrected chi connectivity index (χ4v) is 4.57. The minimum atomic E-state index is -3.78. The molecule has 156 valence electrons. The maximum atomic E-state index is 12.6. The van der Waals surface area contributed by atoms with E-state index in [1.54, 1.807) is 6.08 Å². The first kappa shape index (κ1) is 22.2. The Kier molecular flexibility index (Phi) is 7.03. The van der Waals surface area contributed by atoms with Crippen molar-refractivity contribution in [2.45, 2.75) is 17.7 Å². The Morgan fingerprint density at radius 3 is 2.43 bits per heavy atom. The van der Waals surface area contributed by atoms with Crippen molar-refractivity contribution >= 4 is 61.9 Å². The second-order valence-corrected chi connectivity index (χ2v) is 9.70. The SMILES string of the molecule is NS(=O)(=O)c1ccc(NC(=O)CCCN2C(=O)/C(=C/c3ccccc3)SC2=S)cc1. The van der Waals surface area contributed by atoms with Crippen molar-refractivity contribution in [3.05, 3.63) is 65.1 Å². The third-order valence-electron chi connectivity index (χ3n) is 4.22. The Balaban J connectivity index is 1.51. The number of carbonyl (C=O) groups excluding carboxylic acids is 2. The van der Waals surface area contributed by atoms with Crippen LogP contribution in [-0.4, -0.2) is 36.0 Å². The van der Waals surface area contributed by atoms with Gasteiger partial charge in [0.1, 0.15) is 4.32 Å². The molecular weight excluding hydrogens is 442 g/mol. The molecule has 10 heteroatoms. The van der Waals surface area contributed by atoms with Crippen LogP contribution in [-0.2, 0) is 19.6 Å². The van der Waals surface area contributed by atoms with Gasteiger partial charge in [-0.05, 0) is 42.3 Å². The van der Waals surface area contributed by atoms with E-state index in [9.17, 15) is 18.0 Å². The summed E-state index contributed by atoms with van der Waals surface area (Å²) in [7, 11) is -3.78. The van der Waals surface area contributed by atoms with Gasteiger partial charge in [-0.15, -0.1) is 0 Å². The number of thioether (sulfide) groups is 1. The van der Waals surface area contributed by atoms with Crippen molar-refractivity contribution in [3.63, 3.8) is 0 Å². The van der Waals surface area contributed by atoms with Gasteiger partial charge in [0.2, 0.25) is 15.9 Å². The Hall–Kier alpha value is -2.53. The highest BCUT2D eigenvalue weighted by molar-refractivity contribution is 8.26. The van der Waals surface area contributed by atoms with E-state index in [2.05, 4.69) is 5.32 Å². The van der Waals surface area contributed by atoms with Crippen molar-refractivity contribution in [2.24, 2.45) is 5.14 Å². The molecule has 0 saturated carbocycles. The molecule has 0 aliphatic carbocycles. The van der Waals surface area contributed by atoms with Crippen LogP contribution in [0.5, 0.6) is 0 Å². The Bertz CT molecular complexity index is 1100. The van der Waals surface area contributed by atoms with E-state index < -0.39 is 10.0 Å². The van der Waals surface area contributed by atoms with Crippen molar-refractivity contribution in [2.75, 3.05) is 11.9 Å². The summed E-state index contributed by atoms with van der Waals surface area (Å²) in [5.41, 5.74) is 1.38. The number of benzene rings is 2. The largest absolute Gasteiger partial charge is 0.326 e. The number of hydrogen-bond acceptors (Lipinski definition) is 6. The average Bonchev–Trinajstić information content (AvgIpc) is 2.96. The Labute approximate surface area is 184 Å². The number of amides is 2. The molecule has 0 radical (unpaired) electrons. The molecule has 1 fully saturated rings. The van der Waals surface area contributed by atoms with Gasteiger partial charge in [0, 0.05) is 18.7 Å². The van der Waals surface area contributed by atoms with Gasteiger partial charge in [-0.2, -0.15) is 0 Å². The molecule has 0 aromatic heterocycles. The van der Waals surface area contributed by atoms with Crippen LogP contribution < -0.4 is 10.5 Å². The molecule has 7 nitrogen and oxygen atoms in total. The highest BCUT2D eigenvalue weighted by Crippen LogP contribution is 2.32. The standard InChI is InChI=1S/C20H19N3O4S3/c21-30(26,27)16-10-8-15(9-11-16)22-18(24)7-4-12-23-19(25)17(29-20(23)28)13-14-5-2-1-3-6-14/h1-3,5-6,8-11,13H,4,7,12H2,(H,22,24)(H2,21,26,27)/b17-13-. The fraction of sp³-hybridized carbons (Fsp3) is 0.150. The van der Waals surface area contributed by atoms with Gasteiger partial charge in [0.05, 0.1) is 9.80 Å². The van der Waals surface area contributed by atoms with Crippen LogP contribution in [0.1, 0.15) is 18.4 Å². The van der Waals surface area contributed by atoms with Gasteiger partial charge in [0.25, 0.3) is 5.91 Å². The molecule has 3 N–H and O–H groups in total. The molecule has 1 saturated heterocycles. The normalized spacial score (nSPS) is 15.6. The van der Waals surface area contributed by atoms with Crippen molar-refractivity contribution in [3.8, 4) is 0 Å². The van der Waals surface area contributed by atoms with Gasteiger partial charge in [-0.25, -0.2) is 13.6 Å². The lowest BCUT2D eigenvalue weighted by atomic mass is 10.2. The van der Waals surface area contributed by atoms with Gasteiger partial charge < -0.3 is 5.32 Å². The lowest BCUT2D eigenvalue weighted by Gasteiger charge is -2.14. The summed E-state index contributed by atoms with van der Waals surface area (Å²) in [6.07, 6.45) is 2.43. The van der Waals surface area contributed by atoms with Gasteiger partial charge in [-0.1, -0.05) is 54.3 Å². The minimum absolute atomic E-state index is 0.0292. The van der Waals surface area contributed by atoms with Gasteiger partial charge in [-0.3, -0.25) is 14.5 Å². The fourth-order valence-electron chi connectivity index (χ4n) is 2.74. The first-order valence-electron chi connectivity index (χ1n) is 8.97. The van der Waals surface area contributed by atoms with E-state index in [4.69, 9.17) is 17.4 Å². The summed E-state index contributed by atoms with van der Waals surface area (Å²) < 4.78 is 23.0. The summed E-state index contributed by atoms with van der Waals surface area (Å²) in [6, 6.07) is 15.1. The Morgan fingerprint density at radius 2 is 1.80 bits per heavy atom. The molecule has 3 rings (SSSR count). The number of rotatable bonds is 7. The predicted molar refractivity (Wildman–Crippen MR) is 122 cm³/mol. The first-order valence-corrected chi connectivity index (χ1v) is 11.7. The summed E-state index contributed by atoms with van der Waals surface area (Å²) in [6.45, 7) is 0.342. The highest BCUT2D eigenvalue weighted by Gasteiger charge is 2.31. The van der Waals surface area contributed by atoms with Gasteiger partial charge in [0.15, 0.2) is 0 Å². The predicted octanol–water partition coefficient (Wildman–Crippen LogP) is 2.95. The number of primary sulfonamides is 1. The zero-order valence-corrected chi connectivity index (χ0v) is 18.2. The number of thiocarbonyl (C=S) groups is 1. The van der Waals surface area contributed by atoms with Crippen molar-refractivity contribution < 1.29 is 18.0 Å². The molecule has 2 aromatic carbocycles. The molecule has 2 amide bonds. The van der Waals surface area contributed by atoms with Crippen LogP contribution >= 0.6 is 24.0 Å². The number of nitrogens with zero attached hydrogens (tertiary/aromatic N) is 1. The van der Waals surface area contributed by atoms with E-state index >= 15 is 0 Å². The van der Waals surface area contributed by atoms with Crippen LogP contribution in [0, 0.1) is 0 Å². The van der Waals surface area contributed by atoms with Gasteiger partial charge >= 0.3 is 0 Å². The molecule has 1 aliphatic rings. The molecule has 0 atom stereocenters. The molecule has 0 bridgehead atoms. The van der Waals surface area contributed by atoms with E-state index in [0.717, 1.165) is 5.56 Å². The van der Waals surface area contributed by atoms with Crippen LogP contribution in [0.4, 0.5) is 5.69 Å². The maximum absolute atomic E-state index is 12.6. The summed E-state index contributed by atoms with van der Waals surface area (Å²) in [5.74, 6) is -0.406. The van der Waals surface area contributed by atoms with E-state index in [1.807, 2.05) is 30.3 Å². The average molecular weight is 462 g/mol. The number of anilines is 1. The Morgan fingerprint density at radius 1 is 1.13 bits per heavy atom. The van der Waals surface area contributed by atoms with E-state index in [1.165, 1.54) is 40.9 Å². The van der Waals surface area contributed by atoms with Crippen LogP contribution in [0.15, 0.2) is 64.4 Å². The smallest absolute Gasteiger partial charge is 0.266 e. The number of carbonyl (C=O) groups is 2. The third kappa shape index (κ3) is 5.76. The van der Waals surface area contributed by atoms with Crippen LogP contribution in [0.3, 0.4) is 0 Å². The van der Waals surface area contributed by atoms with Crippen molar-refractivity contribution in [1.82, 2.24) is 4.90 Å². The molecule has 1 aliphatic heterocycles. The number of hydrogen-bond donors (Lipinski definition) is 2. The molecule has 30 heavy (non-hydrogen) atoms. The second kappa shape index (κ2) is 9.52. The summed E-state index contributed by atoms with van der Waals surface area (Å²) in [5, 5.41) is 7.73. The second-order valence-electron chi connectivity index (χ2n) is 6.47. The zero-order valence-electron chi connectivity index (χ0n) is 15.8. The lowest BCUT2D eigenvalue weighted by molar-refractivity contribution is -0.122. The minimum Gasteiger partial charge on any atom is -0.326 e. The number of nitrogens with one attached hydrogen (secondary N) is 1. The van der Waals surface area contributed by atoms with E-state index in [-0.39, 0.29) is 23.1 Å². The molecule has 2 aromatic rings. The highest BCUT2D eigenvalue weighted by atomic mass is 32.2.